The fourth-order valence-electron chi connectivity index (χ4n) is 1.08. The second-order valence-corrected chi connectivity index (χ2v) is 3.90. The maximum atomic E-state index is 11.6. The van der Waals surface area contributed by atoms with Gasteiger partial charge in [-0.25, -0.2) is 9.97 Å². The molecule has 0 saturated heterocycles. The highest BCUT2D eigenvalue weighted by Crippen LogP contribution is 2.10. The van der Waals surface area contributed by atoms with Crippen LogP contribution < -0.4 is 5.32 Å². The Morgan fingerprint density at radius 3 is 3.00 bits per heavy atom. The van der Waals surface area contributed by atoms with Crippen LogP contribution in [0.15, 0.2) is 29.8 Å². The largest absolute Gasteiger partial charge is 0.290 e. The van der Waals surface area contributed by atoms with E-state index in [1.165, 1.54) is 11.3 Å². The Hall–Kier alpha value is -1.75. The highest BCUT2D eigenvalue weighted by molar-refractivity contribution is 7.12. The van der Waals surface area contributed by atoms with Crippen LogP contribution in [0.4, 0.5) is 5.95 Å². The Morgan fingerprint density at radius 1 is 1.47 bits per heavy atom. The Balaban J connectivity index is 2.13. The van der Waals surface area contributed by atoms with Gasteiger partial charge >= 0.3 is 0 Å². The van der Waals surface area contributed by atoms with Crippen molar-refractivity contribution in [1.82, 2.24) is 9.97 Å². The molecule has 0 aromatic carbocycles. The summed E-state index contributed by atoms with van der Waals surface area (Å²) in [6.45, 7) is 1.85. The maximum Gasteiger partial charge on any atom is 0.268 e. The summed E-state index contributed by atoms with van der Waals surface area (Å²) in [5.74, 6) is 0.170. The molecule has 0 spiro atoms. The van der Waals surface area contributed by atoms with Crippen LogP contribution in [-0.4, -0.2) is 15.9 Å². The van der Waals surface area contributed by atoms with Crippen molar-refractivity contribution in [3.8, 4) is 0 Å². The molecule has 4 nitrogen and oxygen atoms in total. The Bertz CT molecular complexity index is 467. The van der Waals surface area contributed by atoms with E-state index in [2.05, 4.69) is 15.3 Å². The number of anilines is 1. The molecule has 1 amide bonds. The van der Waals surface area contributed by atoms with Crippen LogP contribution in [-0.2, 0) is 0 Å². The van der Waals surface area contributed by atoms with Crippen LogP contribution in [0.1, 0.15) is 15.4 Å². The number of rotatable bonds is 2. The van der Waals surface area contributed by atoms with Crippen molar-refractivity contribution in [3.05, 3.63) is 40.3 Å². The summed E-state index contributed by atoms with van der Waals surface area (Å²) in [4.78, 5) is 20.3. The van der Waals surface area contributed by atoms with Crippen LogP contribution >= 0.6 is 11.3 Å². The van der Waals surface area contributed by atoms with Crippen molar-refractivity contribution in [2.75, 3.05) is 5.32 Å². The van der Waals surface area contributed by atoms with Gasteiger partial charge in [-0.1, -0.05) is 6.07 Å². The van der Waals surface area contributed by atoms with Gasteiger partial charge in [0.15, 0.2) is 0 Å². The third-order valence-electron chi connectivity index (χ3n) is 1.77. The molecule has 2 aromatic rings. The molecule has 0 saturated carbocycles. The average molecular weight is 219 g/mol. The third kappa shape index (κ3) is 2.38. The van der Waals surface area contributed by atoms with E-state index in [1.54, 1.807) is 18.3 Å². The van der Waals surface area contributed by atoms with Gasteiger partial charge in [-0.15, -0.1) is 11.3 Å². The monoisotopic (exact) mass is 219 g/mol. The quantitative estimate of drug-likeness (QED) is 0.841. The second-order valence-electron chi connectivity index (χ2n) is 2.95. The second kappa shape index (κ2) is 4.18. The fraction of sp³-hybridized carbons (Fsp3) is 0.100. The van der Waals surface area contributed by atoms with Crippen LogP contribution in [0.3, 0.4) is 0 Å². The Kier molecular flexibility index (Phi) is 2.73. The summed E-state index contributed by atoms with van der Waals surface area (Å²) in [7, 11) is 0. The molecule has 0 unspecified atom stereocenters. The van der Waals surface area contributed by atoms with E-state index >= 15 is 0 Å². The molecule has 15 heavy (non-hydrogen) atoms. The lowest BCUT2D eigenvalue weighted by Gasteiger charge is -2.01. The number of nitrogens with zero attached hydrogens (tertiary/aromatic N) is 2. The number of carbonyl (C=O) groups excluding carboxylic acids is 1. The predicted octanol–water partition coefficient (Wildman–Crippen LogP) is 2.10. The minimum atomic E-state index is -0.171. The van der Waals surface area contributed by atoms with E-state index in [0.717, 1.165) is 5.69 Å². The zero-order chi connectivity index (χ0) is 10.7. The van der Waals surface area contributed by atoms with Gasteiger partial charge in [-0.2, -0.15) is 0 Å². The number of hydrogen-bond acceptors (Lipinski definition) is 4. The summed E-state index contributed by atoms with van der Waals surface area (Å²) in [6.07, 6.45) is 1.62. The first-order chi connectivity index (χ1) is 7.25. The topological polar surface area (TPSA) is 54.9 Å². The fourth-order valence-corrected chi connectivity index (χ4v) is 1.70. The zero-order valence-electron chi connectivity index (χ0n) is 8.10. The predicted molar refractivity (Wildman–Crippen MR) is 59.0 cm³/mol. The van der Waals surface area contributed by atoms with Gasteiger partial charge in [-0.05, 0) is 24.4 Å². The van der Waals surface area contributed by atoms with E-state index in [0.29, 0.717) is 10.8 Å². The average Bonchev–Trinajstić information content (AvgIpc) is 2.70. The van der Waals surface area contributed by atoms with Crippen LogP contribution in [0.2, 0.25) is 0 Å². The standard InChI is InChI=1S/C10H9N3OS/c1-7-4-5-11-10(12-7)13-9(14)8-3-2-6-15-8/h2-6H,1H3,(H,11,12,13,14). The molecule has 2 aromatic heterocycles. The lowest BCUT2D eigenvalue weighted by atomic mass is 10.4. The molecule has 0 atom stereocenters. The summed E-state index contributed by atoms with van der Waals surface area (Å²) in [6, 6.07) is 5.37. The van der Waals surface area contributed by atoms with Crippen molar-refractivity contribution in [2.24, 2.45) is 0 Å². The van der Waals surface area contributed by atoms with Crippen molar-refractivity contribution in [2.45, 2.75) is 6.92 Å². The number of thiophene rings is 1. The van der Waals surface area contributed by atoms with Gasteiger partial charge in [0.2, 0.25) is 5.95 Å². The molecular weight excluding hydrogens is 210 g/mol. The molecule has 0 bridgehead atoms. The third-order valence-corrected chi connectivity index (χ3v) is 2.63. The van der Waals surface area contributed by atoms with Crippen LogP contribution in [0, 0.1) is 6.92 Å². The summed E-state index contributed by atoms with van der Waals surface area (Å²) in [5, 5.41) is 4.49. The maximum absolute atomic E-state index is 11.6. The van der Waals surface area contributed by atoms with E-state index < -0.39 is 0 Å². The van der Waals surface area contributed by atoms with Gasteiger partial charge in [0.05, 0.1) is 4.88 Å². The first-order valence-corrected chi connectivity index (χ1v) is 5.28. The molecule has 2 heterocycles. The number of nitrogens with one attached hydrogen (secondary N) is 1. The highest BCUT2D eigenvalue weighted by atomic mass is 32.1. The van der Waals surface area contributed by atoms with Gasteiger partial charge in [0, 0.05) is 11.9 Å². The molecule has 76 valence electrons. The zero-order valence-corrected chi connectivity index (χ0v) is 8.91. The minimum Gasteiger partial charge on any atom is -0.290 e. The summed E-state index contributed by atoms with van der Waals surface area (Å²) in [5.41, 5.74) is 0.825. The van der Waals surface area contributed by atoms with E-state index in [-0.39, 0.29) is 5.91 Å². The van der Waals surface area contributed by atoms with Crippen molar-refractivity contribution < 1.29 is 4.79 Å². The Morgan fingerprint density at radius 2 is 2.33 bits per heavy atom. The van der Waals surface area contributed by atoms with Gasteiger partial charge in [-0.3, -0.25) is 10.1 Å². The number of hydrogen-bond donors (Lipinski definition) is 1. The van der Waals surface area contributed by atoms with Crippen molar-refractivity contribution in [3.63, 3.8) is 0 Å². The van der Waals surface area contributed by atoms with Gasteiger partial charge in [0.25, 0.3) is 5.91 Å². The van der Waals surface area contributed by atoms with Crippen LogP contribution in [0.5, 0.6) is 0 Å². The molecular formula is C10H9N3OS. The highest BCUT2D eigenvalue weighted by Gasteiger charge is 2.07. The number of amides is 1. The lowest BCUT2D eigenvalue weighted by molar-refractivity contribution is 0.102. The number of aryl methyl sites for hydroxylation is 1. The molecule has 1 N–H and O–H groups in total. The molecule has 0 fully saturated rings. The van der Waals surface area contributed by atoms with Crippen LogP contribution in [0.25, 0.3) is 0 Å². The number of aromatic nitrogens is 2. The molecule has 0 radical (unpaired) electrons. The van der Waals surface area contributed by atoms with E-state index in [4.69, 9.17) is 0 Å². The van der Waals surface area contributed by atoms with Gasteiger partial charge in [0.1, 0.15) is 0 Å². The first-order valence-electron chi connectivity index (χ1n) is 4.40. The molecule has 5 heteroatoms. The van der Waals surface area contributed by atoms with E-state index in [9.17, 15) is 4.79 Å². The smallest absolute Gasteiger partial charge is 0.268 e. The molecule has 0 aliphatic carbocycles. The summed E-state index contributed by atoms with van der Waals surface area (Å²) < 4.78 is 0. The summed E-state index contributed by atoms with van der Waals surface area (Å²) >= 11 is 1.39. The van der Waals surface area contributed by atoms with Crippen molar-refractivity contribution >= 4 is 23.2 Å². The minimum absolute atomic E-state index is 0.171. The molecule has 0 aliphatic rings. The van der Waals surface area contributed by atoms with Crippen molar-refractivity contribution in [1.29, 1.82) is 0 Å². The normalized spacial score (nSPS) is 9.93. The SMILES string of the molecule is Cc1ccnc(NC(=O)c2cccs2)n1. The first kappa shape index (κ1) is 9.79. The number of carbonyl (C=O) groups is 1. The van der Waals surface area contributed by atoms with E-state index in [1.807, 2.05) is 18.4 Å². The Labute approximate surface area is 91.0 Å². The molecule has 2 rings (SSSR count). The molecule has 0 aliphatic heterocycles. The van der Waals surface area contributed by atoms with Gasteiger partial charge < -0.3 is 0 Å². The lowest BCUT2D eigenvalue weighted by Crippen LogP contribution is -2.12.